The second-order valence-corrected chi connectivity index (χ2v) is 6.82. The molecule has 152 valence electrons. The number of aromatic nitrogens is 4. The molecule has 0 bridgehead atoms. The Kier molecular flexibility index (Phi) is 5.45. The predicted octanol–water partition coefficient (Wildman–Crippen LogP) is 3.98. The SMILES string of the molecule is COc1ccc(-c2nn(-c3ccccc3)cc2/C=C/c2n[nH]c(=O)c(C#N)c2C)cc1. The second kappa shape index (κ2) is 8.51. The third-order valence-electron chi connectivity index (χ3n) is 4.92. The maximum Gasteiger partial charge on any atom is 0.282 e. The van der Waals surface area contributed by atoms with E-state index in [1.165, 1.54) is 0 Å². The van der Waals surface area contributed by atoms with Crippen molar-refractivity contribution in [3.8, 4) is 28.8 Å². The zero-order valence-corrected chi connectivity index (χ0v) is 17.0. The van der Waals surface area contributed by atoms with Crippen LogP contribution in [0.5, 0.6) is 5.75 Å². The van der Waals surface area contributed by atoms with Crippen LogP contribution in [0, 0.1) is 18.3 Å². The van der Waals surface area contributed by atoms with Crippen LogP contribution in [0.2, 0.25) is 0 Å². The van der Waals surface area contributed by atoms with Gasteiger partial charge in [0.25, 0.3) is 5.56 Å². The molecule has 2 heterocycles. The smallest absolute Gasteiger partial charge is 0.282 e. The number of benzene rings is 2. The number of para-hydroxylation sites is 1. The van der Waals surface area contributed by atoms with Gasteiger partial charge in [0.15, 0.2) is 0 Å². The molecular formula is C24H19N5O2. The van der Waals surface area contributed by atoms with Crippen molar-refractivity contribution in [3.05, 3.63) is 93.5 Å². The van der Waals surface area contributed by atoms with E-state index in [4.69, 9.17) is 9.84 Å². The summed E-state index contributed by atoms with van der Waals surface area (Å²) in [6, 6.07) is 19.4. The molecule has 0 atom stereocenters. The molecule has 2 aromatic carbocycles. The van der Waals surface area contributed by atoms with Crippen LogP contribution in [0.1, 0.15) is 22.4 Å². The van der Waals surface area contributed by atoms with Crippen molar-refractivity contribution in [1.29, 1.82) is 5.26 Å². The number of hydrogen-bond acceptors (Lipinski definition) is 5. The molecule has 31 heavy (non-hydrogen) atoms. The Hall–Kier alpha value is -4.44. The predicted molar refractivity (Wildman–Crippen MR) is 119 cm³/mol. The van der Waals surface area contributed by atoms with Gasteiger partial charge in [0.05, 0.1) is 24.2 Å². The zero-order chi connectivity index (χ0) is 21.8. The molecule has 1 N–H and O–H groups in total. The van der Waals surface area contributed by atoms with Gasteiger partial charge in [-0.2, -0.15) is 15.5 Å². The maximum absolute atomic E-state index is 11.8. The normalized spacial score (nSPS) is 10.9. The Balaban J connectivity index is 1.80. The summed E-state index contributed by atoms with van der Waals surface area (Å²) in [5.74, 6) is 0.764. The van der Waals surface area contributed by atoms with Crippen molar-refractivity contribution in [2.45, 2.75) is 6.92 Å². The molecule has 0 radical (unpaired) electrons. The van der Waals surface area contributed by atoms with E-state index < -0.39 is 5.56 Å². The fourth-order valence-corrected chi connectivity index (χ4v) is 3.21. The van der Waals surface area contributed by atoms with Gasteiger partial charge < -0.3 is 4.74 Å². The average Bonchev–Trinajstić information content (AvgIpc) is 3.24. The summed E-state index contributed by atoms with van der Waals surface area (Å²) in [4.78, 5) is 11.8. The minimum atomic E-state index is -0.493. The van der Waals surface area contributed by atoms with Crippen LogP contribution in [-0.2, 0) is 0 Å². The van der Waals surface area contributed by atoms with Gasteiger partial charge in [-0.15, -0.1) is 0 Å². The van der Waals surface area contributed by atoms with Gasteiger partial charge in [-0.05, 0) is 61.0 Å². The fraction of sp³-hybridized carbons (Fsp3) is 0.0833. The highest BCUT2D eigenvalue weighted by Gasteiger charge is 2.12. The van der Waals surface area contributed by atoms with Gasteiger partial charge in [-0.1, -0.05) is 18.2 Å². The maximum atomic E-state index is 11.8. The van der Waals surface area contributed by atoms with Crippen molar-refractivity contribution in [2.75, 3.05) is 7.11 Å². The van der Waals surface area contributed by atoms with Crippen LogP contribution in [0.15, 0.2) is 65.6 Å². The number of nitriles is 1. The molecule has 0 fully saturated rings. The van der Waals surface area contributed by atoms with Crippen LogP contribution in [-0.4, -0.2) is 27.1 Å². The number of H-pyrrole nitrogens is 1. The van der Waals surface area contributed by atoms with E-state index in [0.29, 0.717) is 11.3 Å². The Morgan fingerprint density at radius 3 is 2.52 bits per heavy atom. The monoisotopic (exact) mass is 409 g/mol. The number of nitrogens with one attached hydrogen (secondary N) is 1. The van der Waals surface area contributed by atoms with Gasteiger partial charge in [0.2, 0.25) is 0 Å². The Labute approximate surface area is 178 Å². The number of methoxy groups -OCH3 is 1. The molecule has 0 saturated heterocycles. The van der Waals surface area contributed by atoms with Gasteiger partial charge in [-0.25, -0.2) is 9.78 Å². The van der Waals surface area contributed by atoms with Gasteiger partial charge in [0, 0.05) is 17.3 Å². The second-order valence-electron chi connectivity index (χ2n) is 6.82. The summed E-state index contributed by atoms with van der Waals surface area (Å²) in [5, 5.41) is 20.5. The molecule has 0 saturated carbocycles. The first-order valence-corrected chi connectivity index (χ1v) is 9.57. The number of ether oxygens (including phenoxy) is 1. The quantitative estimate of drug-likeness (QED) is 0.538. The highest BCUT2D eigenvalue weighted by molar-refractivity contribution is 5.79. The van der Waals surface area contributed by atoms with Crippen molar-refractivity contribution >= 4 is 12.2 Å². The first kappa shape index (κ1) is 19.9. The molecule has 0 amide bonds. The van der Waals surface area contributed by atoms with Gasteiger partial charge in [0.1, 0.15) is 17.4 Å². The van der Waals surface area contributed by atoms with Crippen LogP contribution in [0.25, 0.3) is 29.1 Å². The van der Waals surface area contributed by atoms with Crippen molar-refractivity contribution in [2.24, 2.45) is 0 Å². The summed E-state index contributed by atoms with van der Waals surface area (Å²) >= 11 is 0. The molecule has 0 aliphatic carbocycles. The van der Waals surface area contributed by atoms with E-state index in [0.717, 1.165) is 28.3 Å². The third-order valence-corrected chi connectivity index (χ3v) is 4.92. The molecule has 0 unspecified atom stereocenters. The molecule has 2 aromatic heterocycles. The molecular weight excluding hydrogens is 390 g/mol. The van der Waals surface area contributed by atoms with Crippen LogP contribution in [0.4, 0.5) is 0 Å². The fourth-order valence-electron chi connectivity index (χ4n) is 3.21. The standard InChI is InChI=1S/C24H19N5O2/c1-16-21(14-25)24(30)27-26-22(16)13-10-18-15-29(19-6-4-3-5-7-19)28-23(18)17-8-11-20(31-2)12-9-17/h3-13,15H,1-2H3,(H,27,30)/b13-10+. The Morgan fingerprint density at radius 1 is 1.10 bits per heavy atom. The lowest BCUT2D eigenvalue weighted by Gasteiger charge is -2.03. The zero-order valence-electron chi connectivity index (χ0n) is 17.0. The molecule has 0 aliphatic rings. The summed E-state index contributed by atoms with van der Waals surface area (Å²) < 4.78 is 7.07. The van der Waals surface area contributed by atoms with E-state index in [9.17, 15) is 10.1 Å². The van der Waals surface area contributed by atoms with Crippen molar-refractivity contribution in [1.82, 2.24) is 20.0 Å². The van der Waals surface area contributed by atoms with Crippen molar-refractivity contribution < 1.29 is 4.74 Å². The van der Waals surface area contributed by atoms with E-state index in [1.807, 2.05) is 77.6 Å². The summed E-state index contributed by atoms with van der Waals surface area (Å²) in [5.41, 5.74) is 4.12. The van der Waals surface area contributed by atoms with Crippen LogP contribution < -0.4 is 10.3 Å². The Bertz CT molecular complexity index is 1340. The number of nitrogens with zero attached hydrogens (tertiary/aromatic N) is 4. The molecule has 0 spiro atoms. The van der Waals surface area contributed by atoms with Crippen LogP contribution in [0.3, 0.4) is 0 Å². The number of aromatic amines is 1. The third kappa shape index (κ3) is 4.00. The lowest BCUT2D eigenvalue weighted by molar-refractivity contribution is 0.415. The minimum absolute atomic E-state index is 0.0602. The largest absolute Gasteiger partial charge is 0.497 e. The molecule has 7 heteroatoms. The van der Waals surface area contributed by atoms with Gasteiger partial charge in [-0.3, -0.25) is 4.79 Å². The van der Waals surface area contributed by atoms with Crippen molar-refractivity contribution in [3.63, 3.8) is 0 Å². The highest BCUT2D eigenvalue weighted by Crippen LogP contribution is 2.27. The lowest BCUT2D eigenvalue weighted by Crippen LogP contribution is -2.15. The lowest BCUT2D eigenvalue weighted by atomic mass is 10.1. The first-order chi connectivity index (χ1) is 15.1. The highest BCUT2D eigenvalue weighted by atomic mass is 16.5. The molecule has 0 aliphatic heterocycles. The molecule has 7 nitrogen and oxygen atoms in total. The summed E-state index contributed by atoms with van der Waals surface area (Å²) in [6.07, 6.45) is 5.57. The first-order valence-electron chi connectivity index (χ1n) is 9.57. The average molecular weight is 409 g/mol. The topological polar surface area (TPSA) is 96.6 Å². The van der Waals surface area contributed by atoms with Gasteiger partial charge >= 0.3 is 0 Å². The van der Waals surface area contributed by atoms with Crippen LogP contribution >= 0.6 is 0 Å². The van der Waals surface area contributed by atoms with E-state index in [-0.39, 0.29) is 5.56 Å². The molecule has 4 rings (SSSR count). The minimum Gasteiger partial charge on any atom is -0.497 e. The molecule has 4 aromatic rings. The summed E-state index contributed by atoms with van der Waals surface area (Å²) in [6.45, 7) is 1.71. The summed E-state index contributed by atoms with van der Waals surface area (Å²) in [7, 11) is 1.63. The number of rotatable bonds is 5. The number of hydrogen-bond donors (Lipinski definition) is 1. The van der Waals surface area contributed by atoms with E-state index >= 15 is 0 Å². The Morgan fingerprint density at radius 2 is 1.84 bits per heavy atom. The van der Waals surface area contributed by atoms with E-state index in [2.05, 4.69) is 10.2 Å². The van der Waals surface area contributed by atoms with E-state index in [1.54, 1.807) is 20.1 Å².